The summed E-state index contributed by atoms with van der Waals surface area (Å²) >= 11 is 0. The number of rotatable bonds is 5. The predicted octanol–water partition coefficient (Wildman–Crippen LogP) is 2.67. The van der Waals surface area contributed by atoms with E-state index in [1.54, 1.807) is 0 Å². The van der Waals surface area contributed by atoms with Crippen LogP contribution in [0.15, 0.2) is 30.3 Å². The maximum Gasteiger partial charge on any atom is 0.0492 e. The van der Waals surface area contributed by atoms with Crippen molar-refractivity contribution in [1.82, 2.24) is 15.3 Å². The first-order valence-electron chi connectivity index (χ1n) is 7.61. The van der Waals surface area contributed by atoms with Gasteiger partial charge in [0.05, 0.1) is 0 Å². The third kappa shape index (κ3) is 3.16. The Kier molecular flexibility index (Phi) is 5.37. The van der Waals surface area contributed by atoms with Crippen molar-refractivity contribution in [2.24, 2.45) is 0 Å². The van der Waals surface area contributed by atoms with Gasteiger partial charge in [-0.3, -0.25) is 0 Å². The molecule has 1 aliphatic rings. The molecule has 1 aliphatic heterocycles. The molecule has 1 aromatic carbocycles. The molecule has 0 radical (unpaired) electrons. The lowest BCUT2D eigenvalue weighted by Gasteiger charge is -2.46. The summed E-state index contributed by atoms with van der Waals surface area (Å²) in [5.41, 5.74) is 1.41. The lowest BCUT2D eigenvalue weighted by molar-refractivity contribution is -0.0820. The van der Waals surface area contributed by atoms with E-state index in [1.807, 2.05) is 0 Å². The summed E-state index contributed by atoms with van der Waals surface area (Å²) < 4.78 is 0. The minimum absolute atomic E-state index is 0.445. The molecule has 1 saturated heterocycles. The van der Waals surface area contributed by atoms with Crippen molar-refractivity contribution in [3.63, 3.8) is 0 Å². The fraction of sp³-hybridized carbons (Fsp3) is 0.625. The monoisotopic (exact) mass is 261 g/mol. The van der Waals surface area contributed by atoms with Gasteiger partial charge in [0.15, 0.2) is 0 Å². The highest BCUT2D eigenvalue weighted by Crippen LogP contribution is 2.27. The van der Waals surface area contributed by atoms with Gasteiger partial charge in [-0.25, -0.2) is 10.0 Å². The fourth-order valence-electron chi connectivity index (χ4n) is 3.19. The largest absolute Gasteiger partial charge is 0.307 e. The van der Waals surface area contributed by atoms with Crippen LogP contribution in [0.3, 0.4) is 0 Å². The zero-order chi connectivity index (χ0) is 13.7. The van der Waals surface area contributed by atoms with Crippen LogP contribution in [0.25, 0.3) is 0 Å². The van der Waals surface area contributed by atoms with Gasteiger partial charge in [-0.15, -0.1) is 0 Å². The highest BCUT2D eigenvalue weighted by Gasteiger charge is 2.33. The smallest absolute Gasteiger partial charge is 0.0492 e. The van der Waals surface area contributed by atoms with Crippen LogP contribution in [-0.2, 0) is 0 Å². The molecule has 3 nitrogen and oxygen atoms in total. The van der Waals surface area contributed by atoms with Crippen LogP contribution in [0.1, 0.15) is 38.8 Å². The van der Waals surface area contributed by atoms with E-state index in [9.17, 15) is 0 Å². The van der Waals surface area contributed by atoms with Crippen molar-refractivity contribution in [3.8, 4) is 0 Å². The Morgan fingerprint density at radius 3 is 2.42 bits per heavy atom. The number of nitrogens with one attached hydrogen (secondary N) is 1. The van der Waals surface area contributed by atoms with E-state index in [2.05, 4.69) is 66.4 Å². The summed E-state index contributed by atoms with van der Waals surface area (Å²) in [6, 6.07) is 11.9. The van der Waals surface area contributed by atoms with E-state index in [0.717, 1.165) is 26.2 Å². The zero-order valence-electron chi connectivity index (χ0n) is 12.5. The Labute approximate surface area is 117 Å². The van der Waals surface area contributed by atoms with Crippen molar-refractivity contribution >= 4 is 0 Å². The Balaban J connectivity index is 2.20. The van der Waals surface area contributed by atoms with Gasteiger partial charge in [0, 0.05) is 38.3 Å². The van der Waals surface area contributed by atoms with Gasteiger partial charge in [0.2, 0.25) is 0 Å². The summed E-state index contributed by atoms with van der Waals surface area (Å²) in [5, 5.41) is 8.76. The van der Waals surface area contributed by atoms with Crippen LogP contribution in [0.4, 0.5) is 0 Å². The topological polar surface area (TPSA) is 18.5 Å². The molecule has 0 saturated carbocycles. The van der Waals surface area contributed by atoms with Gasteiger partial charge < -0.3 is 5.32 Å². The van der Waals surface area contributed by atoms with E-state index in [1.165, 1.54) is 12.0 Å². The summed E-state index contributed by atoms with van der Waals surface area (Å²) in [7, 11) is 0. The predicted molar refractivity (Wildman–Crippen MR) is 80.9 cm³/mol. The van der Waals surface area contributed by atoms with Crippen LogP contribution in [0.5, 0.6) is 0 Å². The Morgan fingerprint density at radius 1 is 1.16 bits per heavy atom. The first-order valence-corrected chi connectivity index (χ1v) is 7.61. The molecule has 1 fully saturated rings. The maximum atomic E-state index is 3.70. The van der Waals surface area contributed by atoms with E-state index in [0.29, 0.717) is 12.1 Å². The summed E-state index contributed by atoms with van der Waals surface area (Å²) in [6.45, 7) is 11.1. The van der Waals surface area contributed by atoms with Crippen molar-refractivity contribution < 1.29 is 0 Å². The average Bonchev–Trinajstić information content (AvgIpc) is 2.49. The van der Waals surface area contributed by atoms with Crippen molar-refractivity contribution in [1.29, 1.82) is 0 Å². The molecule has 0 aromatic heterocycles. The minimum Gasteiger partial charge on any atom is -0.307 e. The van der Waals surface area contributed by atoms with E-state index in [4.69, 9.17) is 0 Å². The molecular weight excluding hydrogens is 234 g/mol. The normalized spacial score (nSPS) is 24.8. The fourth-order valence-corrected chi connectivity index (χ4v) is 3.19. The lowest BCUT2D eigenvalue weighted by Crippen LogP contribution is -2.59. The highest BCUT2D eigenvalue weighted by molar-refractivity contribution is 5.21. The molecule has 1 heterocycles. The summed E-state index contributed by atoms with van der Waals surface area (Å²) in [4.78, 5) is 0. The maximum absolute atomic E-state index is 3.70. The number of nitrogens with zero attached hydrogens (tertiary/aromatic N) is 2. The average molecular weight is 261 g/mol. The lowest BCUT2D eigenvalue weighted by atomic mass is 9.95. The van der Waals surface area contributed by atoms with E-state index < -0.39 is 0 Å². The van der Waals surface area contributed by atoms with Crippen LogP contribution in [0, 0.1) is 0 Å². The van der Waals surface area contributed by atoms with Crippen LogP contribution >= 0.6 is 0 Å². The first kappa shape index (κ1) is 14.5. The van der Waals surface area contributed by atoms with Crippen molar-refractivity contribution in [2.75, 3.05) is 26.2 Å². The zero-order valence-corrected chi connectivity index (χ0v) is 12.5. The molecule has 2 unspecified atom stereocenters. The molecule has 106 valence electrons. The van der Waals surface area contributed by atoms with Crippen molar-refractivity contribution in [3.05, 3.63) is 35.9 Å². The molecular formula is C16H27N3. The first-order chi connectivity index (χ1) is 9.31. The molecule has 0 aliphatic carbocycles. The molecule has 0 spiro atoms. The van der Waals surface area contributed by atoms with Gasteiger partial charge in [-0.05, 0) is 12.0 Å². The third-order valence-electron chi connectivity index (χ3n) is 4.14. The third-order valence-corrected chi connectivity index (χ3v) is 4.14. The molecule has 1 N–H and O–H groups in total. The number of hydrazine groups is 1. The SMILES string of the molecule is CCC1C(c2ccccc2)NCCN1N(CC)CC. The van der Waals surface area contributed by atoms with Crippen molar-refractivity contribution in [2.45, 2.75) is 39.3 Å². The van der Waals surface area contributed by atoms with Crippen LogP contribution < -0.4 is 5.32 Å². The summed E-state index contributed by atoms with van der Waals surface area (Å²) in [6.07, 6.45) is 1.17. The number of hydrogen-bond donors (Lipinski definition) is 1. The molecule has 0 amide bonds. The second kappa shape index (κ2) is 7.04. The Bertz CT molecular complexity index is 362. The minimum atomic E-state index is 0.445. The Hall–Kier alpha value is -0.900. The highest BCUT2D eigenvalue weighted by atomic mass is 15.6. The van der Waals surface area contributed by atoms with Gasteiger partial charge in [0.25, 0.3) is 0 Å². The number of piperazine rings is 1. The van der Waals surface area contributed by atoms with E-state index >= 15 is 0 Å². The quantitative estimate of drug-likeness (QED) is 0.879. The standard InChI is InChI=1S/C16H27N3/c1-4-15-16(14-10-8-7-9-11-14)17-12-13-19(15)18(5-2)6-3/h7-11,15-17H,4-6,12-13H2,1-3H3. The molecule has 0 bridgehead atoms. The Morgan fingerprint density at radius 2 is 1.84 bits per heavy atom. The second-order valence-corrected chi connectivity index (χ2v) is 5.12. The van der Waals surface area contributed by atoms with E-state index in [-0.39, 0.29) is 0 Å². The summed E-state index contributed by atoms with van der Waals surface area (Å²) in [5.74, 6) is 0. The van der Waals surface area contributed by atoms with Gasteiger partial charge in [-0.1, -0.05) is 51.1 Å². The molecule has 1 aromatic rings. The molecule has 2 atom stereocenters. The second-order valence-electron chi connectivity index (χ2n) is 5.12. The van der Waals surface area contributed by atoms with Gasteiger partial charge in [-0.2, -0.15) is 0 Å². The number of hydrogen-bond acceptors (Lipinski definition) is 3. The van der Waals surface area contributed by atoms with Crippen LogP contribution in [0.2, 0.25) is 0 Å². The number of benzene rings is 1. The van der Waals surface area contributed by atoms with Gasteiger partial charge in [0.1, 0.15) is 0 Å². The molecule has 2 rings (SSSR count). The molecule has 3 heteroatoms. The van der Waals surface area contributed by atoms with Gasteiger partial charge >= 0.3 is 0 Å². The molecule has 19 heavy (non-hydrogen) atoms. The van der Waals surface area contributed by atoms with Crippen LogP contribution in [-0.4, -0.2) is 42.2 Å².